The molecule has 0 radical (unpaired) electrons. The van der Waals surface area contributed by atoms with Crippen LogP contribution in [-0.4, -0.2) is 23.3 Å². The Hall–Kier alpha value is -2.02. The summed E-state index contributed by atoms with van der Waals surface area (Å²) in [4.78, 5) is 4.46. The minimum Gasteiger partial charge on any atom is -0.386 e. The molecule has 23 heavy (non-hydrogen) atoms. The Morgan fingerprint density at radius 2 is 1.96 bits per heavy atom. The number of ether oxygens (including phenoxy) is 1. The summed E-state index contributed by atoms with van der Waals surface area (Å²) in [5.41, 5.74) is 5.30. The van der Waals surface area contributed by atoms with Gasteiger partial charge in [0.2, 0.25) is 5.06 Å². The van der Waals surface area contributed by atoms with Crippen LogP contribution in [0.4, 0.5) is 0 Å². The summed E-state index contributed by atoms with van der Waals surface area (Å²) in [5.74, 6) is 0.963. The number of fused-ring (bicyclic) bond motifs is 2. The molecular weight excluding hydrogens is 308 g/mol. The van der Waals surface area contributed by atoms with Crippen LogP contribution in [0.15, 0.2) is 29.3 Å². The molecule has 6 heteroatoms. The smallest absolute Gasteiger partial charge is 0.231 e. The Bertz CT molecular complexity index is 814. The molecule has 0 bridgehead atoms. The van der Waals surface area contributed by atoms with Crippen molar-refractivity contribution < 1.29 is 4.74 Å². The lowest BCUT2D eigenvalue weighted by Crippen LogP contribution is -2.38. The fourth-order valence-electron chi connectivity index (χ4n) is 4.57. The lowest BCUT2D eigenvalue weighted by molar-refractivity contribution is 0.0151. The third kappa shape index (κ3) is 1.18. The largest absolute Gasteiger partial charge is 0.386 e. The van der Waals surface area contributed by atoms with Crippen molar-refractivity contribution in [2.45, 2.75) is 24.3 Å². The van der Waals surface area contributed by atoms with E-state index in [-0.39, 0.29) is 5.84 Å². The zero-order chi connectivity index (χ0) is 16.5. The topological polar surface area (TPSA) is 95.2 Å². The average molecular weight is 324 g/mol. The lowest BCUT2D eigenvalue weighted by atomic mass is 9.85. The van der Waals surface area contributed by atoms with E-state index in [0.29, 0.717) is 6.61 Å². The van der Waals surface area contributed by atoms with E-state index in [9.17, 15) is 10.5 Å². The van der Waals surface area contributed by atoms with E-state index in [1.807, 2.05) is 38.1 Å². The Kier molecular flexibility index (Phi) is 2.59. The van der Waals surface area contributed by atoms with Gasteiger partial charge in [0.15, 0.2) is 10.8 Å². The van der Waals surface area contributed by atoms with Crippen molar-refractivity contribution in [1.29, 1.82) is 10.5 Å². The lowest BCUT2D eigenvalue weighted by Gasteiger charge is -2.30. The van der Waals surface area contributed by atoms with Gasteiger partial charge in [-0.05, 0) is 12.5 Å². The highest BCUT2D eigenvalue weighted by atomic mass is 32.2. The number of thioether (sulfide) groups is 1. The zero-order valence-electron chi connectivity index (χ0n) is 13.0. The maximum Gasteiger partial charge on any atom is 0.231 e. The van der Waals surface area contributed by atoms with Gasteiger partial charge in [-0.15, -0.1) is 0 Å². The van der Waals surface area contributed by atoms with Crippen LogP contribution in [0.1, 0.15) is 18.1 Å². The highest BCUT2D eigenvalue weighted by Gasteiger charge is 2.99. The Balaban J connectivity index is 2.00. The second kappa shape index (κ2) is 4.08. The molecule has 4 rings (SSSR count). The third-order valence-electron chi connectivity index (χ3n) is 5.77. The summed E-state index contributed by atoms with van der Waals surface area (Å²) >= 11 is 1.48. The fourth-order valence-corrected chi connectivity index (χ4v) is 5.96. The molecule has 2 heterocycles. The summed E-state index contributed by atoms with van der Waals surface area (Å²) in [6.07, 6.45) is 0. The molecular formula is C17H16N4OS. The first kappa shape index (κ1) is 14.6. The van der Waals surface area contributed by atoms with Gasteiger partial charge in [-0.3, -0.25) is 0 Å². The predicted molar refractivity (Wildman–Crippen MR) is 87.4 cm³/mol. The van der Waals surface area contributed by atoms with Gasteiger partial charge in [-0.25, -0.2) is 4.99 Å². The van der Waals surface area contributed by atoms with Gasteiger partial charge in [0.1, 0.15) is 5.84 Å². The standard InChI is InChI=1S/C17H16N4OS/c1-11-3-5-12(6-4-11)14(2)15(9-18)13(20)21-17(16(14,15)10-19)22-7-8-23-17/h3-6H,7-8H2,1-2H3,(H2,20,21)/t14-,15-,16+,17+/m0/s1. The maximum absolute atomic E-state index is 10.1. The summed E-state index contributed by atoms with van der Waals surface area (Å²) in [5, 5.41) is 19.1. The van der Waals surface area contributed by atoms with E-state index in [0.717, 1.165) is 16.9 Å². The van der Waals surface area contributed by atoms with Crippen molar-refractivity contribution in [3.63, 3.8) is 0 Å². The van der Waals surface area contributed by atoms with Gasteiger partial charge in [0.25, 0.3) is 0 Å². The quantitative estimate of drug-likeness (QED) is 0.853. The van der Waals surface area contributed by atoms with Crippen LogP contribution in [0.25, 0.3) is 0 Å². The monoisotopic (exact) mass is 324 g/mol. The van der Waals surface area contributed by atoms with E-state index in [2.05, 4.69) is 17.1 Å². The van der Waals surface area contributed by atoms with Crippen molar-refractivity contribution in [3.05, 3.63) is 35.4 Å². The summed E-state index contributed by atoms with van der Waals surface area (Å²) < 4.78 is 5.91. The van der Waals surface area contributed by atoms with Crippen LogP contribution in [-0.2, 0) is 10.2 Å². The number of nitrogens with two attached hydrogens (primary N) is 1. The molecule has 1 saturated heterocycles. The van der Waals surface area contributed by atoms with Crippen LogP contribution < -0.4 is 5.73 Å². The molecule has 1 aromatic carbocycles. The maximum atomic E-state index is 10.1. The number of benzene rings is 1. The van der Waals surface area contributed by atoms with Crippen LogP contribution in [0.2, 0.25) is 0 Å². The van der Waals surface area contributed by atoms with Crippen molar-refractivity contribution in [3.8, 4) is 12.1 Å². The van der Waals surface area contributed by atoms with Crippen molar-refractivity contribution in [2.24, 2.45) is 21.6 Å². The van der Waals surface area contributed by atoms with Gasteiger partial charge < -0.3 is 10.5 Å². The molecule has 2 fully saturated rings. The van der Waals surface area contributed by atoms with Gasteiger partial charge in [-0.1, -0.05) is 48.5 Å². The molecule has 2 N–H and O–H groups in total. The second-order valence-electron chi connectivity index (χ2n) is 6.49. The zero-order valence-corrected chi connectivity index (χ0v) is 13.8. The number of aryl methyl sites for hydroxylation is 1. The van der Waals surface area contributed by atoms with Crippen LogP contribution in [0.5, 0.6) is 0 Å². The van der Waals surface area contributed by atoms with E-state index in [1.165, 1.54) is 11.8 Å². The first-order valence-electron chi connectivity index (χ1n) is 7.49. The van der Waals surface area contributed by atoms with Crippen LogP contribution in [0, 0.1) is 40.4 Å². The molecule has 4 atom stereocenters. The van der Waals surface area contributed by atoms with E-state index >= 15 is 0 Å². The molecule has 1 aromatic rings. The number of rotatable bonds is 1. The van der Waals surface area contributed by atoms with Crippen molar-refractivity contribution >= 4 is 17.6 Å². The minimum atomic E-state index is -1.14. The highest BCUT2D eigenvalue weighted by molar-refractivity contribution is 8.00. The van der Waals surface area contributed by atoms with Gasteiger partial charge in [-0.2, -0.15) is 10.5 Å². The molecule has 1 aliphatic carbocycles. The Morgan fingerprint density at radius 3 is 2.48 bits per heavy atom. The number of amidine groups is 1. The van der Waals surface area contributed by atoms with E-state index < -0.39 is 21.3 Å². The molecule has 1 saturated carbocycles. The first-order valence-corrected chi connectivity index (χ1v) is 8.48. The molecule has 2 aliphatic heterocycles. The third-order valence-corrected chi connectivity index (χ3v) is 7.05. The Morgan fingerprint density at radius 1 is 1.26 bits per heavy atom. The average Bonchev–Trinajstić information content (AvgIpc) is 2.83. The van der Waals surface area contributed by atoms with Crippen molar-refractivity contribution in [1.82, 2.24) is 0 Å². The van der Waals surface area contributed by atoms with E-state index in [4.69, 9.17) is 10.5 Å². The fraction of sp³-hybridized carbons (Fsp3) is 0.471. The predicted octanol–water partition coefficient (Wildman–Crippen LogP) is 2.07. The molecule has 0 amide bonds. The molecule has 0 unspecified atom stereocenters. The summed E-state index contributed by atoms with van der Waals surface area (Å²) in [7, 11) is 0. The first-order chi connectivity index (χ1) is 11.0. The molecule has 1 spiro atoms. The summed E-state index contributed by atoms with van der Waals surface area (Å²) in [6, 6.07) is 12.7. The minimum absolute atomic E-state index is 0.221. The summed E-state index contributed by atoms with van der Waals surface area (Å²) in [6.45, 7) is 4.46. The number of nitrogens with zero attached hydrogens (tertiary/aromatic N) is 3. The normalized spacial score (nSPS) is 43.6. The molecule has 116 valence electrons. The molecule has 5 nitrogen and oxygen atoms in total. The molecule has 0 aromatic heterocycles. The number of nitriles is 2. The number of hydrogen-bond acceptors (Lipinski definition) is 6. The Labute approximate surface area is 139 Å². The second-order valence-corrected chi connectivity index (χ2v) is 7.74. The van der Waals surface area contributed by atoms with Gasteiger partial charge >= 0.3 is 0 Å². The number of aliphatic imine (C=N–C) groups is 1. The SMILES string of the molecule is Cc1ccc([C@@]2(C)[C@]3(C#N)C(N)=N[C@@]4(OCCS4)[C@@]32C#N)cc1. The number of hydrogen-bond donors (Lipinski definition) is 1. The van der Waals surface area contributed by atoms with E-state index in [1.54, 1.807) is 0 Å². The van der Waals surface area contributed by atoms with Crippen molar-refractivity contribution in [2.75, 3.05) is 12.4 Å². The highest BCUT2D eigenvalue weighted by Crippen LogP contribution is 2.87. The van der Waals surface area contributed by atoms with Crippen LogP contribution in [0.3, 0.4) is 0 Å². The molecule has 3 aliphatic rings. The van der Waals surface area contributed by atoms with Crippen LogP contribution >= 0.6 is 11.8 Å². The van der Waals surface area contributed by atoms with Gasteiger partial charge in [0.05, 0.1) is 18.7 Å². The van der Waals surface area contributed by atoms with Gasteiger partial charge in [0, 0.05) is 11.2 Å².